The molecule has 0 atom stereocenters. The summed E-state index contributed by atoms with van der Waals surface area (Å²) in [5.74, 6) is -0.356. The third-order valence-corrected chi connectivity index (χ3v) is 0.783. The second-order valence-corrected chi connectivity index (χ2v) is 1.50. The Morgan fingerprint density at radius 3 is 2.75 bits per heavy atom. The van der Waals surface area contributed by atoms with Crippen LogP contribution in [0.3, 0.4) is 0 Å². The number of nitrogens with zero attached hydrogens (tertiary/aromatic N) is 2. The zero-order valence-electron chi connectivity index (χ0n) is 3.84. The minimum atomic E-state index is -0.356. The second kappa shape index (κ2) is 1.96. The minimum absolute atomic E-state index is 0.00231. The highest BCUT2D eigenvalue weighted by Gasteiger charge is 1.81. The van der Waals surface area contributed by atoms with Crippen LogP contribution in [0.4, 0.5) is 0 Å². The molecular weight excluding hydrogens is 128 g/mol. The average molecular weight is 130 g/mol. The molecule has 1 aromatic rings. The van der Waals surface area contributed by atoms with Crippen LogP contribution in [0, 0.1) is 0 Å². The maximum absolute atomic E-state index is 10.3. The van der Waals surface area contributed by atoms with Gasteiger partial charge in [-0.3, -0.25) is 0 Å². The minimum Gasteiger partial charge on any atom is -0.858 e. The van der Waals surface area contributed by atoms with Crippen molar-refractivity contribution < 1.29 is 5.11 Å². The summed E-state index contributed by atoms with van der Waals surface area (Å²) in [6, 6.07) is 1.24. The lowest BCUT2D eigenvalue weighted by atomic mass is 10.6. The first-order valence-electron chi connectivity index (χ1n) is 1.94. The topological polar surface area (TPSA) is 48.8 Å². The van der Waals surface area contributed by atoms with Crippen molar-refractivity contribution in [2.75, 3.05) is 0 Å². The zero-order chi connectivity index (χ0) is 5.98. The fourth-order valence-electron chi connectivity index (χ4n) is 0.320. The second-order valence-electron chi connectivity index (χ2n) is 1.16. The molecule has 0 aliphatic rings. The van der Waals surface area contributed by atoms with Gasteiger partial charge in [0.05, 0.1) is 0 Å². The van der Waals surface area contributed by atoms with Gasteiger partial charge >= 0.3 is 0 Å². The van der Waals surface area contributed by atoms with Crippen LogP contribution >= 0.6 is 11.6 Å². The van der Waals surface area contributed by atoms with Crippen LogP contribution in [0.15, 0.2) is 12.3 Å². The molecule has 1 rings (SSSR count). The number of rotatable bonds is 0. The molecule has 0 bridgehead atoms. The Kier molecular flexibility index (Phi) is 1.30. The third kappa shape index (κ3) is 1.07. The molecule has 0 N–H and O–H groups in total. The summed E-state index contributed by atoms with van der Waals surface area (Å²) in [7, 11) is 0. The molecule has 0 aliphatic heterocycles. The SMILES string of the molecule is [O-]c1ccnc(Cl)n1. The van der Waals surface area contributed by atoms with E-state index in [1.165, 1.54) is 12.3 Å². The number of hydrogen-bond donors (Lipinski definition) is 0. The van der Waals surface area contributed by atoms with Gasteiger partial charge in [-0.05, 0) is 23.5 Å². The molecule has 0 spiro atoms. The van der Waals surface area contributed by atoms with Gasteiger partial charge in [-0.1, -0.05) is 0 Å². The van der Waals surface area contributed by atoms with E-state index >= 15 is 0 Å². The molecule has 0 saturated carbocycles. The number of halogens is 1. The maximum atomic E-state index is 10.3. The van der Waals surface area contributed by atoms with Gasteiger partial charge in [0, 0.05) is 6.20 Å². The third-order valence-electron chi connectivity index (χ3n) is 0.601. The van der Waals surface area contributed by atoms with Gasteiger partial charge < -0.3 is 5.11 Å². The highest BCUT2D eigenvalue weighted by Crippen LogP contribution is 2.01. The molecule has 8 heavy (non-hydrogen) atoms. The Morgan fingerprint density at radius 1 is 1.62 bits per heavy atom. The Balaban J connectivity index is 3.08. The van der Waals surface area contributed by atoms with Gasteiger partial charge in [0.1, 0.15) is 0 Å². The maximum Gasteiger partial charge on any atom is 0.221 e. The Bertz CT molecular complexity index is 174. The fraction of sp³-hybridized carbons (Fsp3) is 0. The van der Waals surface area contributed by atoms with Crippen molar-refractivity contribution in [3.05, 3.63) is 17.5 Å². The largest absolute Gasteiger partial charge is 0.858 e. The van der Waals surface area contributed by atoms with Crippen molar-refractivity contribution in [1.29, 1.82) is 0 Å². The van der Waals surface area contributed by atoms with E-state index in [9.17, 15) is 5.11 Å². The first-order chi connectivity index (χ1) is 3.79. The van der Waals surface area contributed by atoms with Crippen LogP contribution in [0.5, 0.6) is 5.88 Å². The van der Waals surface area contributed by atoms with Crippen LogP contribution in [-0.4, -0.2) is 9.97 Å². The monoisotopic (exact) mass is 129 g/mol. The molecule has 0 saturated heterocycles. The molecule has 0 radical (unpaired) electrons. The van der Waals surface area contributed by atoms with Gasteiger partial charge in [-0.15, -0.1) is 0 Å². The van der Waals surface area contributed by atoms with Crippen LogP contribution in [-0.2, 0) is 0 Å². The van der Waals surface area contributed by atoms with E-state index in [1.54, 1.807) is 0 Å². The van der Waals surface area contributed by atoms with Gasteiger partial charge in [-0.2, -0.15) is 0 Å². The molecule has 4 heteroatoms. The summed E-state index contributed by atoms with van der Waals surface area (Å²) < 4.78 is 0. The van der Waals surface area contributed by atoms with E-state index in [2.05, 4.69) is 9.97 Å². The van der Waals surface area contributed by atoms with Gasteiger partial charge in [0.2, 0.25) is 5.28 Å². The molecule has 0 aliphatic carbocycles. The van der Waals surface area contributed by atoms with Crippen LogP contribution in [0.2, 0.25) is 5.28 Å². The highest BCUT2D eigenvalue weighted by molar-refractivity contribution is 6.28. The standard InChI is InChI=1S/C4H3ClN2O/c5-4-6-2-1-3(8)7-4/h1-2H,(H,6,7,8)/p-1. The Hall–Kier alpha value is -0.830. The van der Waals surface area contributed by atoms with E-state index in [-0.39, 0.29) is 11.2 Å². The zero-order valence-corrected chi connectivity index (χ0v) is 4.59. The first-order valence-corrected chi connectivity index (χ1v) is 2.32. The van der Waals surface area contributed by atoms with E-state index in [0.717, 1.165) is 0 Å². The molecular formula is C4H2ClN2O-. The van der Waals surface area contributed by atoms with Crippen molar-refractivity contribution in [1.82, 2.24) is 9.97 Å². The first kappa shape index (κ1) is 5.31. The summed E-state index contributed by atoms with van der Waals surface area (Å²) in [6.07, 6.45) is 1.32. The van der Waals surface area contributed by atoms with Crippen molar-refractivity contribution in [3.8, 4) is 5.88 Å². The number of aromatic nitrogens is 2. The van der Waals surface area contributed by atoms with E-state index in [4.69, 9.17) is 11.6 Å². The van der Waals surface area contributed by atoms with Crippen molar-refractivity contribution in [2.24, 2.45) is 0 Å². The molecule has 0 unspecified atom stereocenters. The summed E-state index contributed by atoms with van der Waals surface area (Å²) in [5, 5.41) is 10.3. The van der Waals surface area contributed by atoms with Crippen molar-refractivity contribution >= 4 is 11.6 Å². The lowest BCUT2D eigenvalue weighted by Crippen LogP contribution is -1.93. The smallest absolute Gasteiger partial charge is 0.221 e. The molecule has 1 aromatic heterocycles. The van der Waals surface area contributed by atoms with Gasteiger partial charge in [-0.25, -0.2) is 9.97 Å². The Labute approximate surface area is 51.0 Å². The summed E-state index contributed by atoms with van der Waals surface area (Å²) in [5.41, 5.74) is 0. The summed E-state index contributed by atoms with van der Waals surface area (Å²) in [4.78, 5) is 6.77. The van der Waals surface area contributed by atoms with E-state index in [1.807, 2.05) is 0 Å². The van der Waals surface area contributed by atoms with Gasteiger partial charge in [0.15, 0.2) is 0 Å². The highest BCUT2D eigenvalue weighted by atomic mass is 35.5. The molecule has 42 valence electrons. The molecule has 0 fully saturated rings. The predicted molar refractivity (Wildman–Crippen MR) is 26.5 cm³/mol. The lowest BCUT2D eigenvalue weighted by Gasteiger charge is -1.99. The van der Waals surface area contributed by atoms with Crippen LogP contribution in [0.1, 0.15) is 0 Å². The molecule has 0 amide bonds. The van der Waals surface area contributed by atoms with Crippen LogP contribution < -0.4 is 5.11 Å². The fourth-order valence-corrected chi connectivity index (χ4v) is 0.459. The van der Waals surface area contributed by atoms with E-state index in [0.29, 0.717) is 0 Å². The lowest BCUT2D eigenvalue weighted by molar-refractivity contribution is -0.275. The Morgan fingerprint density at radius 2 is 2.38 bits per heavy atom. The van der Waals surface area contributed by atoms with Gasteiger partial charge in [0.25, 0.3) is 0 Å². The molecule has 1 heterocycles. The van der Waals surface area contributed by atoms with Crippen LogP contribution in [0.25, 0.3) is 0 Å². The van der Waals surface area contributed by atoms with Crippen molar-refractivity contribution in [3.63, 3.8) is 0 Å². The van der Waals surface area contributed by atoms with Crippen molar-refractivity contribution in [2.45, 2.75) is 0 Å². The molecule has 3 nitrogen and oxygen atoms in total. The number of hydrogen-bond acceptors (Lipinski definition) is 3. The average Bonchev–Trinajstić information content (AvgIpc) is 1.64. The quantitative estimate of drug-likeness (QED) is 0.471. The summed E-state index contributed by atoms with van der Waals surface area (Å²) >= 11 is 5.22. The predicted octanol–water partition coefficient (Wildman–Crippen LogP) is 0.204. The normalized spacial score (nSPS) is 9.12. The van der Waals surface area contributed by atoms with E-state index < -0.39 is 0 Å². The molecule has 0 aromatic carbocycles. The summed E-state index contributed by atoms with van der Waals surface area (Å²) in [6.45, 7) is 0.